The van der Waals surface area contributed by atoms with Crippen molar-refractivity contribution in [2.75, 3.05) is 6.61 Å². The third kappa shape index (κ3) is 3.71. The van der Waals surface area contributed by atoms with E-state index in [0.29, 0.717) is 0 Å². The molecule has 0 aliphatic heterocycles. The van der Waals surface area contributed by atoms with E-state index < -0.39 is 29.4 Å². The number of benzene rings is 1. The number of phenolic OH excluding ortho intramolecular Hbond substituents is 1. The Kier molecular flexibility index (Phi) is 5.08. The maximum Gasteiger partial charge on any atom is 0.342 e. The third-order valence-electron chi connectivity index (χ3n) is 2.09. The molecule has 1 aromatic carbocycles. The molecule has 0 aromatic heterocycles. The quantitative estimate of drug-likeness (QED) is 0.658. The Morgan fingerprint density at radius 2 is 1.70 bits per heavy atom. The molecule has 0 saturated carbocycles. The summed E-state index contributed by atoms with van der Waals surface area (Å²) in [4.78, 5) is 33.6. The molecule has 1 rings (SSSR count). The lowest BCUT2D eigenvalue weighted by Crippen LogP contribution is -2.10. The summed E-state index contributed by atoms with van der Waals surface area (Å²) < 4.78 is 14.3. The molecule has 7 heteroatoms. The molecule has 0 fully saturated rings. The molecule has 0 bridgehead atoms. The van der Waals surface area contributed by atoms with Crippen LogP contribution in [-0.2, 0) is 14.3 Å². The Hall–Kier alpha value is -2.57. The highest BCUT2D eigenvalue weighted by molar-refractivity contribution is 5.94. The second kappa shape index (κ2) is 6.55. The third-order valence-corrected chi connectivity index (χ3v) is 2.09. The van der Waals surface area contributed by atoms with Gasteiger partial charge in [0.2, 0.25) is 5.75 Å². The predicted octanol–water partition coefficient (Wildman–Crippen LogP) is 1.42. The molecule has 0 saturated heterocycles. The summed E-state index contributed by atoms with van der Waals surface area (Å²) in [6.45, 7) is 3.98. The van der Waals surface area contributed by atoms with Gasteiger partial charge >= 0.3 is 17.9 Å². The zero-order valence-corrected chi connectivity index (χ0v) is 11.3. The number of ether oxygens (including phenoxy) is 3. The van der Waals surface area contributed by atoms with Gasteiger partial charge in [-0.05, 0) is 19.1 Å². The van der Waals surface area contributed by atoms with E-state index >= 15 is 0 Å². The lowest BCUT2D eigenvalue weighted by atomic mass is 10.1. The van der Waals surface area contributed by atoms with Crippen LogP contribution >= 0.6 is 0 Å². The minimum Gasteiger partial charge on any atom is -0.504 e. The maximum atomic E-state index is 11.6. The Morgan fingerprint density at radius 3 is 2.20 bits per heavy atom. The fourth-order valence-electron chi connectivity index (χ4n) is 1.40. The summed E-state index contributed by atoms with van der Waals surface area (Å²) in [6.07, 6.45) is 0. The molecule has 108 valence electrons. The van der Waals surface area contributed by atoms with Crippen LogP contribution < -0.4 is 9.47 Å². The molecule has 1 aromatic rings. The average molecular weight is 282 g/mol. The largest absolute Gasteiger partial charge is 0.504 e. The highest BCUT2D eigenvalue weighted by Crippen LogP contribution is 2.39. The van der Waals surface area contributed by atoms with Crippen molar-refractivity contribution in [1.82, 2.24) is 0 Å². The fourth-order valence-corrected chi connectivity index (χ4v) is 1.40. The number of hydrogen-bond donors (Lipinski definition) is 1. The van der Waals surface area contributed by atoms with Crippen molar-refractivity contribution in [1.29, 1.82) is 0 Å². The van der Waals surface area contributed by atoms with Crippen molar-refractivity contribution in [2.24, 2.45) is 0 Å². The monoisotopic (exact) mass is 282 g/mol. The van der Waals surface area contributed by atoms with Crippen molar-refractivity contribution >= 4 is 17.9 Å². The zero-order chi connectivity index (χ0) is 15.3. The van der Waals surface area contributed by atoms with Crippen LogP contribution in [0.15, 0.2) is 12.1 Å². The first-order chi connectivity index (χ1) is 9.36. The summed E-state index contributed by atoms with van der Waals surface area (Å²) in [7, 11) is 0. The molecule has 0 aliphatic carbocycles. The lowest BCUT2D eigenvalue weighted by Gasteiger charge is -2.12. The van der Waals surface area contributed by atoms with Crippen molar-refractivity contribution in [2.45, 2.75) is 20.8 Å². The van der Waals surface area contributed by atoms with E-state index in [-0.39, 0.29) is 17.9 Å². The zero-order valence-electron chi connectivity index (χ0n) is 11.3. The van der Waals surface area contributed by atoms with E-state index in [4.69, 9.17) is 14.2 Å². The maximum absolute atomic E-state index is 11.6. The summed E-state index contributed by atoms with van der Waals surface area (Å²) in [5, 5.41) is 9.96. The molecular formula is C13H14O7. The number of carbonyl (C=O) groups excluding carboxylic acids is 3. The van der Waals surface area contributed by atoms with Crippen molar-refractivity contribution in [3.8, 4) is 17.2 Å². The van der Waals surface area contributed by atoms with Gasteiger partial charge < -0.3 is 19.3 Å². The Bertz CT molecular complexity index is 548. The van der Waals surface area contributed by atoms with E-state index in [1.54, 1.807) is 6.92 Å². The Balaban J connectivity index is 3.29. The summed E-state index contributed by atoms with van der Waals surface area (Å²) >= 11 is 0. The number of phenols is 1. The summed E-state index contributed by atoms with van der Waals surface area (Å²) in [5.41, 5.74) is -0.195. The summed E-state index contributed by atoms with van der Waals surface area (Å²) in [5.74, 6) is -3.39. The van der Waals surface area contributed by atoms with E-state index in [2.05, 4.69) is 0 Å². The molecule has 0 unspecified atom stereocenters. The number of aromatic hydroxyl groups is 1. The van der Waals surface area contributed by atoms with Crippen LogP contribution in [0.25, 0.3) is 0 Å². The van der Waals surface area contributed by atoms with Crippen LogP contribution in [-0.4, -0.2) is 29.6 Å². The van der Waals surface area contributed by atoms with Crippen molar-refractivity contribution < 1.29 is 33.7 Å². The molecule has 7 nitrogen and oxygen atoms in total. The van der Waals surface area contributed by atoms with E-state index in [1.807, 2.05) is 0 Å². The molecule has 0 aliphatic rings. The van der Waals surface area contributed by atoms with Gasteiger partial charge in [0.05, 0.1) is 6.61 Å². The fraction of sp³-hybridized carbons (Fsp3) is 0.308. The second-order valence-corrected chi connectivity index (χ2v) is 3.70. The van der Waals surface area contributed by atoms with Crippen LogP contribution in [0.1, 0.15) is 31.1 Å². The van der Waals surface area contributed by atoms with Crippen molar-refractivity contribution in [3.63, 3.8) is 0 Å². The minimum absolute atomic E-state index is 0.118. The first-order valence-corrected chi connectivity index (χ1v) is 5.76. The lowest BCUT2D eigenvalue weighted by molar-refractivity contribution is -0.134. The molecule has 0 heterocycles. The molecule has 0 radical (unpaired) electrons. The number of carbonyl (C=O) groups is 3. The highest BCUT2D eigenvalue weighted by Gasteiger charge is 2.22. The van der Waals surface area contributed by atoms with Crippen LogP contribution in [0.4, 0.5) is 0 Å². The predicted molar refractivity (Wildman–Crippen MR) is 66.7 cm³/mol. The van der Waals surface area contributed by atoms with Gasteiger partial charge in [-0.3, -0.25) is 9.59 Å². The second-order valence-electron chi connectivity index (χ2n) is 3.70. The van der Waals surface area contributed by atoms with Gasteiger partial charge in [-0.15, -0.1) is 0 Å². The van der Waals surface area contributed by atoms with Gasteiger partial charge in [0.1, 0.15) is 5.56 Å². The molecule has 20 heavy (non-hydrogen) atoms. The van der Waals surface area contributed by atoms with Gasteiger partial charge in [-0.2, -0.15) is 0 Å². The first-order valence-electron chi connectivity index (χ1n) is 5.76. The summed E-state index contributed by atoms with van der Waals surface area (Å²) in [6, 6.07) is 2.43. The van der Waals surface area contributed by atoms with Gasteiger partial charge in [-0.25, -0.2) is 4.79 Å². The number of rotatable bonds is 4. The average Bonchev–Trinajstić information content (AvgIpc) is 2.33. The minimum atomic E-state index is -0.784. The van der Waals surface area contributed by atoms with Gasteiger partial charge in [0, 0.05) is 13.8 Å². The molecule has 0 atom stereocenters. The number of hydrogen-bond acceptors (Lipinski definition) is 7. The van der Waals surface area contributed by atoms with E-state index in [1.165, 1.54) is 12.1 Å². The Labute approximate surface area is 115 Å². The molecule has 0 spiro atoms. The topological polar surface area (TPSA) is 99.1 Å². The van der Waals surface area contributed by atoms with E-state index in [0.717, 1.165) is 13.8 Å². The standard InChI is InChI=1S/C13H14O7/c1-4-18-13(17)9-5-6-10(19-7(2)14)12(11(9)16)20-8(3)15/h5-6,16H,4H2,1-3H3. The SMILES string of the molecule is CCOC(=O)c1ccc(OC(C)=O)c(OC(C)=O)c1O. The van der Waals surface area contributed by atoms with Gasteiger partial charge in [0.15, 0.2) is 11.5 Å². The molecule has 1 N–H and O–H groups in total. The van der Waals surface area contributed by atoms with Crippen LogP contribution in [0.5, 0.6) is 17.2 Å². The smallest absolute Gasteiger partial charge is 0.342 e. The molecule has 0 amide bonds. The first kappa shape index (κ1) is 15.5. The highest BCUT2D eigenvalue weighted by atomic mass is 16.6. The number of esters is 3. The Morgan fingerprint density at radius 1 is 1.10 bits per heavy atom. The molecular weight excluding hydrogens is 268 g/mol. The van der Waals surface area contributed by atoms with Crippen LogP contribution in [0.3, 0.4) is 0 Å². The van der Waals surface area contributed by atoms with E-state index in [9.17, 15) is 19.5 Å². The van der Waals surface area contributed by atoms with Crippen LogP contribution in [0, 0.1) is 0 Å². The van der Waals surface area contributed by atoms with Crippen molar-refractivity contribution in [3.05, 3.63) is 17.7 Å². The van der Waals surface area contributed by atoms with Crippen LogP contribution in [0.2, 0.25) is 0 Å². The van der Waals surface area contributed by atoms with Gasteiger partial charge in [-0.1, -0.05) is 0 Å². The normalized spacial score (nSPS) is 9.75. The van der Waals surface area contributed by atoms with Gasteiger partial charge in [0.25, 0.3) is 0 Å².